The number of carbonyl (C=O) groups excluding carboxylic acids is 1. The molecule has 2 aromatic rings. The maximum Gasteiger partial charge on any atom is 0.206 e. The number of thiazole rings is 1. The van der Waals surface area contributed by atoms with Crippen LogP contribution < -0.4 is 4.90 Å². The fourth-order valence-electron chi connectivity index (χ4n) is 2.45. The van der Waals surface area contributed by atoms with E-state index in [0.29, 0.717) is 23.0 Å². The van der Waals surface area contributed by atoms with Gasteiger partial charge < -0.3 is 9.64 Å². The number of hydrogen-bond acceptors (Lipinski definition) is 5. The van der Waals surface area contributed by atoms with Crippen LogP contribution in [0.1, 0.15) is 13.3 Å². The Hall–Kier alpha value is -1.31. The van der Waals surface area contributed by atoms with Crippen molar-refractivity contribution in [2.45, 2.75) is 25.6 Å². The molecule has 0 bridgehead atoms. The molecule has 1 saturated heterocycles. The van der Waals surface area contributed by atoms with Crippen molar-refractivity contribution in [1.29, 1.82) is 0 Å². The highest BCUT2D eigenvalue weighted by atomic mass is 79.9. The molecule has 1 unspecified atom stereocenters. The van der Waals surface area contributed by atoms with Crippen molar-refractivity contribution in [3.63, 3.8) is 0 Å². The SMILES string of the molecule is CC[C@H]1COC(C=O)N1c1nc(-c2ccc(Br)cc2)c(F)s1. The lowest BCUT2D eigenvalue weighted by Gasteiger charge is -2.23. The quantitative estimate of drug-likeness (QED) is 0.750. The zero-order valence-corrected chi connectivity index (χ0v) is 14.2. The summed E-state index contributed by atoms with van der Waals surface area (Å²) in [6.07, 6.45) is 0.848. The molecule has 2 atom stereocenters. The Morgan fingerprint density at radius 3 is 2.86 bits per heavy atom. The molecule has 0 saturated carbocycles. The lowest BCUT2D eigenvalue weighted by Crippen LogP contribution is -2.37. The van der Waals surface area contributed by atoms with E-state index in [1.165, 1.54) is 0 Å². The molecule has 0 spiro atoms. The Balaban J connectivity index is 1.97. The summed E-state index contributed by atoms with van der Waals surface area (Å²) in [5.41, 5.74) is 1.01. The first kappa shape index (κ1) is 15.6. The number of nitrogens with zero attached hydrogens (tertiary/aromatic N) is 2. The summed E-state index contributed by atoms with van der Waals surface area (Å²) in [5.74, 6) is 0. The molecule has 0 radical (unpaired) electrons. The Kier molecular flexibility index (Phi) is 4.56. The first-order chi connectivity index (χ1) is 10.6. The number of rotatable bonds is 4. The summed E-state index contributed by atoms with van der Waals surface area (Å²) in [5, 5.41) is 0.126. The van der Waals surface area contributed by atoms with Crippen molar-refractivity contribution >= 4 is 38.7 Å². The summed E-state index contributed by atoms with van der Waals surface area (Å²) in [6, 6.07) is 7.34. The highest BCUT2D eigenvalue weighted by molar-refractivity contribution is 9.10. The van der Waals surface area contributed by atoms with Crippen LogP contribution >= 0.6 is 27.3 Å². The second kappa shape index (κ2) is 6.44. The number of aromatic nitrogens is 1. The predicted molar refractivity (Wildman–Crippen MR) is 87.6 cm³/mol. The minimum absolute atomic E-state index is 0.0403. The highest BCUT2D eigenvalue weighted by Gasteiger charge is 2.35. The normalized spacial score (nSPS) is 21.3. The number of aldehydes is 1. The predicted octanol–water partition coefficient (Wildman–Crippen LogP) is 3.85. The van der Waals surface area contributed by atoms with Gasteiger partial charge in [-0.15, -0.1) is 0 Å². The zero-order valence-electron chi connectivity index (χ0n) is 11.8. The van der Waals surface area contributed by atoms with E-state index in [4.69, 9.17) is 4.74 Å². The van der Waals surface area contributed by atoms with Crippen molar-refractivity contribution < 1.29 is 13.9 Å². The van der Waals surface area contributed by atoms with E-state index < -0.39 is 6.23 Å². The minimum Gasteiger partial charge on any atom is -0.349 e. The van der Waals surface area contributed by atoms with Gasteiger partial charge in [0.05, 0.1) is 12.6 Å². The number of anilines is 1. The van der Waals surface area contributed by atoms with Gasteiger partial charge in [0.15, 0.2) is 17.6 Å². The third kappa shape index (κ3) is 2.80. The standard InChI is InChI=1S/C15H14BrFN2O2S/c1-2-11-8-21-12(7-20)19(11)15-18-13(14(17)22-15)9-3-5-10(16)6-4-9/h3-7,11-12H,2,8H2,1H3/t11-,12?/m0/s1. The molecule has 1 fully saturated rings. The average molecular weight is 385 g/mol. The van der Waals surface area contributed by atoms with Crippen molar-refractivity contribution in [2.75, 3.05) is 11.5 Å². The summed E-state index contributed by atoms with van der Waals surface area (Å²) < 4.78 is 20.7. The molecule has 3 rings (SSSR count). The van der Waals surface area contributed by atoms with Gasteiger partial charge in [-0.05, 0) is 18.6 Å². The molecule has 1 aliphatic rings. The summed E-state index contributed by atoms with van der Waals surface area (Å²) in [7, 11) is 0. The zero-order chi connectivity index (χ0) is 15.7. The molecule has 4 nitrogen and oxygen atoms in total. The molecule has 116 valence electrons. The summed E-state index contributed by atoms with van der Waals surface area (Å²) >= 11 is 4.30. The molecule has 22 heavy (non-hydrogen) atoms. The lowest BCUT2D eigenvalue weighted by atomic mass is 10.2. The molecular weight excluding hydrogens is 371 g/mol. The maximum absolute atomic E-state index is 14.3. The topological polar surface area (TPSA) is 42.4 Å². The fraction of sp³-hybridized carbons (Fsp3) is 0.333. The van der Waals surface area contributed by atoms with Crippen LogP contribution in [0, 0.1) is 5.13 Å². The Morgan fingerprint density at radius 1 is 1.50 bits per heavy atom. The second-order valence-electron chi connectivity index (χ2n) is 4.95. The minimum atomic E-state index is -0.687. The Morgan fingerprint density at radius 2 is 2.23 bits per heavy atom. The van der Waals surface area contributed by atoms with Crippen LogP contribution in [-0.4, -0.2) is 30.1 Å². The van der Waals surface area contributed by atoms with Crippen LogP contribution in [-0.2, 0) is 9.53 Å². The molecule has 0 N–H and O–H groups in total. The molecule has 0 aliphatic carbocycles. The average Bonchev–Trinajstić information content (AvgIpc) is 3.10. The van der Waals surface area contributed by atoms with Gasteiger partial charge in [0.25, 0.3) is 0 Å². The third-order valence-electron chi connectivity index (χ3n) is 3.63. The largest absolute Gasteiger partial charge is 0.349 e. The van der Waals surface area contributed by atoms with Crippen LogP contribution in [0.5, 0.6) is 0 Å². The number of halogens is 2. The van der Waals surface area contributed by atoms with Gasteiger partial charge in [0, 0.05) is 10.0 Å². The summed E-state index contributed by atoms with van der Waals surface area (Å²) in [4.78, 5) is 17.3. The van der Waals surface area contributed by atoms with E-state index in [0.717, 1.165) is 28.5 Å². The van der Waals surface area contributed by atoms with E-state index in [1.54, 1.807) is 17.0 Å². The van der Waals surface area contributed by atoms with E-state index in [9.17, 15) is 9.18 Å². The van der Waals surface area contributed by atoms with Crippen LogP contribution in [0.15, 0.2) is 28.7 Å². The van der Waals surface area contributed by atoms with Crippen molar-refractivity contribution in [3.05, 3.63) is 33.9 Å². The van der Waals surface area contributed by atoms with Gasteiger partial charge in [0.2, 0.25) is 5.13 Å². The second-order valence-corrected chi connectivity index (χ2v) is 6.80. The highest BCUT2D eigenvalue weighted by Crippen LogP contribution is 2.36. The Bertz CT molecular complexity index is 677. The van der Waals surface area contributed by atoms with E-state index in [2.05, 4.69) is 20.9 Å². The smallest absolute Gasteiger partial charge is 0.206 e. The van der Waals surface area contributed by atoms with Crippen LogP contribution in [0.2, 0.25) is 0 Å². The van der Waals surface area contributed by atoms with E-state index >= 15 is 0 Å². The molecular formula is C15H14BrFN2O2S. The van der Waals surface area contributed by atoms with Crippen LogP contribution in [0.4, 0.5) is 9.52 Å². The van der Waals surface area contributed by atoms with Crippen molar-refractivity contribution in [2.24, 2.45) is 0 Å². The maximum atomic E-state index is 14.3. The molecule has 1 aromatic carbocycles. The number of hydrogen-bond donors (Lipinski definition) is 0. The monoisotopic (exact) mass is 384 g/mol. The number of ether oxygens (including phenoxy) is 1. The van der Waals surface area contributed by atoms with E-state index in [-0.39, 0.29) is 11.2 Å². The number of benzene rings is 1. The van der Waals surface area contributed by atoms with Crippen LogP contribution in [0.25, 0.3) is 11.3 Å². The van der Waals surface area contributed by atoms with Crippen molar-refractivity contribution in [3.8, 4) is 11.3 Å². The fourth-order valence-corrected chi connectivity index (χ4v) is 3.63. The van der Waals surface area contributed by atoms with Gasteiger partial charge in [-0.1, -0.05) is 46.3 Å². The van der Waals surface area contributed by atoms with Gasteiger partial charge in [-0.25, -0.2) is 4.98 Å². The molecule has 7 heteroatoms. The first-order valence-corrected chi connectivity index (χ1v) is 8.52. The summed E-state index contributed by atoms with van der Waals surface area (Å²) in [6.45, 7) is 2.46. The lowest BCUT2D eigenvalue weighted by molar-refractivity contribution is -0.115. The molecule has 2 heterocycles. The molecule has 1 aromatic heterocycles. The van der Waals surface area contributed by atoms with E-state index in [1.807, 2.05) is 19.1 Å². The molecule has 1 aliphatic heterocycles. The van der Waals surface area contributed by atoms with Gasteiger partial charge in [-0.2, -0.15) is 4.39 Å². The van der Waals surface area contributed by atoms with Crippen molar-refractivity contribution in [1.82, 2.24) is 4.98 Å². The van der Waals surface area contributed by atoms with Gasteiger partial charge in [-0.3, -0.25) is 4.79 Å². The van der Waals surface area contributed by atoms with Gasteiger partial charge >= 0.3 is 0 Å². The van der Waals surface area contributed by atoms with Gasteiger partial charge in [0.1, 0.15) is 5.69 Å². The number of carbonyl (C=O) groups is 1. The third-order valence-corrected chi connectivity index (χ3v) is 5.01. The van der Waals surface area contributed by atoms with Crippen LogP contribution in [0.3, 0.4) is 0 Å². The Labute approximate surface area is 140 Å². The molecule has 0 amide bonds. The first-order valence-electron chi connectivity index (χ1n) is 6.91.